The van der Waals surface area contributed by atoms with Gasteiger partial charge in [-0.1, -0.05) is 19.1 Å². The third-order valence-electron chi connectivity index (χ3n) is 3.25. The fraction of sp³-hybridized carbons (Fsp3) is 0.312. The number of anilines is 1. The molecule has 1 unspecified atom stereocenters. The summed E-state index contributed by atoms with van der Waals surface area (Å²) in [6.07, 6.45) is 1.86. The molecule has 20 heavy (non-hydrogen) atoms. The minimum absolute atomic E-state index is 0.226. The fourth-order valence-corrected chi connectivity index (χ4v) is 2.03. The second-order valence-electron chi connectivity index (χ2n) is 4.85. The summed E-state index contributed by atoms with van der Waals surface area (Å²) >= 11 is 0. The Morgan fingerprint density at radius 2 is 2.10 bits per heavy atom. The Hall–Kier alpha value is -1.94. The maximum Gasteiger partial charge on any atom is 0.123 e. The van der Waals surface area contributed by atoms with Gasteiger partial charge in [-0.25, -0.2) is 4.39 Å². The summed E-state index contributed by atoms with van der Waals surface area (Å²) in [6.45, 7) is 2.52. The smallest absolute Gasteiger partial charge is 0.123 e. The van der Waals surface area contributed by atoms with E-state index in [1.54, 1.807) is 12.3 Å². The maximum absolute atomic E-state index is 13.1. The number of pyridine rings is 1. The summed E-state index contributed by atoms with van der Waals surface area (Å²) in [5, 5.41) is 9.71. The van der Waals surface area contributed by atoms with Crippen LogP contribution in [0.2, 0.25) is 0 Å². The molecule has 2 rings (SSSR count). The summed E-state index contributed by atoms with van der Waals surface area (Å²) in [6, 6.07) is 10.3. The van der Waals surface area contributed by atoms with Gasteiger partial charge in [0, 0.05) is 13.6 Å². The zero-order valence-corrected chi connectivity index (χ0v) is 11.8. The Bertz CT molecular complexity index is 557. The number of hydrogen-bond donors (Lipinski definition) is 1. The molecule has 0 radical (unpaired) electrons. The average molecular weight is 274 g/mol. The van der Waals surface area contributed by atoms with E-state index in [1.807, 2.05) is 37.1 Å². The summed E-state index contributed by atoms with van der Waals surface area (Å²) in [5.41, 5.74) is 2.52. The van der Waals surface area contributed by atoms with E-state index in [1.165, 1.54) is 12.1 Å². The van der Waals surface area contributed by atoms with Gasteiger partial charge in [-0.05, 0) is 36.2 Å². The van der Waals surface area contributed by atoms with Gasteiger partial charge in [0.05, 0.1) is 23.7 Å². The lowest BCUT2D eigenvalue weighted by atomic mass is 10.1. The van der Waals surface area contributed by atoms with E-state index in [0.717, 1.165) is 11.3 Å². The van der Waals surface area contributed by atoms with Crippen molar-refractivity contribution in [1.29, 1.82) is 0 Å². The zero-order chi connectivity index (χ0) is 14.5. The number of aliphatic hydroxyl groups excluding tert-OH is 1. The molecule has 1 aromatic heterocycles. The van der Waals surface area contributed by atoms with E-state index in [9.17, 15) is 9.50 Å². The van der Waals surface area contributed by atoms with Crippen LogP contribution in [0, 0.1) is 5.82 Å². The summed E-state index contributed by atoms with van der Waals surface area (Å²) in [5.74, 6) is -0.226. The molecule has 0 spiro atoms. The van der Waals surface area contributed by atoms with Gasteiger partial charge < -0.3 is 10.0 Å². The molecule has 106 valence electrons. The van der Waals surface area contributed by atoms with Crippen LogP contribution in [0.15, 0.2) is 42.6 Å². The van der Waals surface area contributed by atoms with Gasteiger partial charge in [-0.15, -0.1) is 0 Å². The van der Waals surface area contributed by atoms with E-state index in [-0.39, 0.29) is 5.82 Å². The summed E-state index contributed by atoms with van der Waals surface area (Å²) in [7, 11) is 1.93. The molecule has 0 fully saturated rings. The van der Waals surface area contributed by atoms with Crippen molar-refractivity contribution in [3.63, 3.8) is 0 Å². The molecular formula is C16H19FN2O. The van der Waals surface area contributed by atoms with Crippen molar-refractivity contribution in [1.82, 2.24) is 4.98 Å². The van der Waals surface area contributed by atoms with E-state index in [4.69, 9.17) is 0 Å². The number of aliphatic hydroxyl groups is 1. The Morgan fingerprint density at radius 1 is 1.30 bits per heavy atom. The number of nitrogens with zero attached hydrogens (tertiary/aromatic N) is 2. The first-order valence-corrected chi connectivity index (χ1v) is 6.69. The van der Waals surface area contributed by atoms with Gasteiger partial charge in [-0.3, -0.25) is 4.98 Å². The summed E-state index contributed by atoms with van der Waals surface area (Å²) in [4.78, 5) is 6.25. The van der Waals surface area contributed by atoms with E-state index in [0.29, 0.717) is 18.7 Å². The molecule has 1 atom stereocenters. The van der Waals surface area contributed by atoms with Gasteiger partial charge in [0.2, 0.25) is 0 Å². The van der Waals surface area contributed by atoms with Gasteiger partial charge >= 0.3 is 0 Å². The first-order chi connectivity index (χ1) is 9.60. The molecule has 3 nitrogen and oxygen atoms in total. The van der Waals surface area contributed by atoms with Crippen molar-refractivity contribution >= 4 is 5.69 Å². The molecule has 1 aromatic carbocycles. The average Bonchev–Trinajstić information content (AvgIpc) is 2.46. The highest BCUT2D eigenvalue weighted by Gasteiger charge is 2.08. The minimum Gasteiger partial charge on any atom is -0.387 e. The van der Waals surface area contributed by atoms with Crippen molar-refractivity contribution in [2.45, 2.75) is 26.0 Å². The van der Waals surface area contributed by atoms with Crippen LogP contribution in [0.25, 0.3) is 0 Å². The van der Waals surface area contributed by atoms with E-state index >= 15 is 0 Å². The second-order valence-corrected chi connectivity index (χ2v) is 4.85. The second kappa shape index (κ2) is 6.48. The van der Waals surface area contributed by atoms with Gasteiger partial charge in [0.1, 0.15) is 5.82 Å². The van der Waals surface area contributed by atoms with Crippen LogP contribution < -0.4 is 4.90 Å². The molecule has 0 saturated heterocycles. The van der Waals surface area contributed by atoms with Gasteiger partial charge in [0.25, 0.3) is 0 Å². The quantitative estimate of drug-likeness (QED) is 0.908. The fourth-order valence-electron chi connectivity index (χ4n) is 2.03. The molecule has 1 N–H and O–H groups in total. The third kappa shape index (κ3) is 3.54. The number of aromatic nitrogens is 1. The van der Waals surface area contributed by atoms with Crippen LogP contribution in [-0.2, 0) is 6.54 Å². The predicted octanol–water partition coefficient (Wildman–Crippen LogP) is 3.30. The Balaban J connectivity index is 2.07. The first kappa shape index (κ1) is 14.5. The van der Waals surface area contributed by atoms with E-state index in [2.05, 4.69) is 4.98 Å². The molecule has 0 aliphatic heterocycles. The largest absolute Gasteiger partial charge is 0.387 e. The summed E-state index contributed by atoms with van der Waals surface area (Å²) < 4.78 is 13.1. The highest BCUT2D eigenvalue weighted by atomic mass is 19.1. The van der Waals surface area contributed by atoms with Crippen LogP contribution in [-0.4, -0.2) is 17.1 Å². The lowest BCUT2D eigenvalue weighted by Crippen LogP contribution is -2.16. The van der Waals surface area contributed by atoms with Crippen molar-refractivity contribution in [3.8, 4) is 0 Å². The van der Waals surface area contributed by atoms with E-state index < -0.39 is 6.10 Å². The minimum atomic E-state index is -0.516. The van der Waals surface area contributed by atoms with Crippen molar-refractivity contribution in [2.75, 3.05) is 11.9 Å². The lowest BCUT2D eigenvalue weighted by Gasteiger charge is -2.19. The first-order valence-electron chi connectivity index (χ1n) is 6.69. The third-order valence-corrected chi connectivity index (χ3v) is 3.25. The number of hydrogen-bond acceptors (Lipinski definition) is 3. The van der Waals surface area contributed by atoms with Crippen LogP contribution in [0.3, 0.4) is 0 Å². The van der Waals surface area contributed by atoms with Crippen LogP contribution in [0.4, 0.5) is 10.1 Å². The number of benzene rings is 1. The van der Waals surface area contributed by atoms with Crippen molar-refractivity contribution in [2.24, 2.45) is 0 Å². The Labute approximate surface area is 118 Å². The molecule has 2 aromatic rings. The zero-order valence-electron chi connectivity index (χ0n) is 11.8. The van der Waals surface area contributed by atoms with Crippen LogP contribution in [0.1, 0.15) is 30.7 Å². The molecule has 0 saturated carbocycles. The molecule has 4 heteroatoms. The topological polar surface area (TPSA) is 36.4 Å². The lowest BCUT2D eigenvalue weighted by molar-refractivity contribution is 0.169. The van der Waals surface area contributed by atoms with Crippen LogP contribution in [0.5, 0.6) is 0 Å². The monoisotopic (exact) mass is 274 g/mol. The van der Waals surface area contributed by atoms with Crippen molar-refractivity contribution in [3.05, 3.63) is 59.7 Å². The molecule has 0 aliphatic carbocycles. The normalized spacial score (nSPS) is 12.2. The molecule has 0 aliphatic rings. The van der Waals surface area contributed by atoms with Gasteiger partial charge in [0.15, 0.2) is 0 Å². The standard InChI is InChI=1S/C16H19FN2O/c1-3-16(20)15-8-7-14(10-18-15)19(2)11-12-5-4-6-13(17)9-12/h4-10,16,20H,3,11H2,1-2H3. The Kier molecular flexibility index (Phi) is 4.69. The highest BCUT2D eigenvalue weighted by molar-refractivity contribution is 5.44. The number of halogens is 1. The predicted molar refractivity (Wildman–Crippen MR) is 78.0 cm³/mol. The highest BCUT2D eigenvalue weighted by Crippen LogP contribution is 2.19. The maximum atomic E-state index is 13.1. The Morgan fingerprint density at radius 3 is 2.70 bits per heavy atom. The number of rotatable bonds is 5. The molecule has 0 amide bonds. The van der Waals surface area contributed by atoms with Crippen LogP contribution >= 0.6 is 0 Å². The molecule has 1 heterocycles. The molecular weight excluding hydrogens is 255 g/mol. The van der Waals surface area contributed by atoms with Gasteiger partial charge in [-0.2, -0.15) is 0 Å². The van der Waals surface area contributed by atoms with Crippen molar-refractivity contribution < 1.29 is 9.50 Å². The SMILES string of the molecule is CCC(O)c1ccc(N(C)Cc2cccc(F)c2)cn1. The molecule has 0 bridgehead atoms.